The molecule has 1 N–H and O–H groups in total. The maximum absolute atomic E-state index is 12.4. The first-order valence-electron chi connectivity index (χ1n) is 7.02. The molecule has 0 fully saturated rings. The average molecular weight is 304 g/mol. The molecule has 8 nitrogen and oxygen atoms in total. The zero-order chi connectivity index (χ0) is 16.1. The first-order valence-corrected chi connectivity index (χ1v) is 7.02. The van der Waals surface area contributed by atoms with Gasteiger partial charge in [0.15, 0.2) is 0 Å². The van der Waals surface area contributed by atoms with Gasteiger partial charge in [-0.3, -0.25) is 9.48 Å². The molecule has 1 unspecified atom stereocenters. The second-order valence-electron chi connectivity index (χ2n) is 5.36. The third-order valence-corrected chi connectivity index (χ3v) is 3.14. The normalized spacial score (nSPS) is 12.2. The number of nitrogens with zero attached hydrogens (tertiary/aromatic N) is 5. The number of nitrogens with one attached hydrogen (secondary N) is 1. The number of aromatic nitrogens is 5. The summed E-state index contributed by atoms with van der Waals surface area (Å²) >= 11 is 0. The van der Waals surface area contributed by atoms with E-state index in [1.54, 1.807) is 11.7 Å². The third kappa shape index (κ3) is 3.78. The highest BCUT2D eigenvalue weighted by atomic mass is 16.5. The van der Waals surface area contributed by atoms with Crippen molar-refractivity contribution in [2.75, 3.05) is 7.11 Å². The number of carbonyl (C=O) groups excluding carboxylic acids is 1. The van der Waals surface area contributed by atoms with Crippen LogP contribution in [0.1, 0.15) is 42.5 Å². The van der Waals surface area contributed by atoms with Gasteiger partial charge in [-0.05, 0) is 12.3 Å². The first kappa shape index (κ1) is 15.9. The number of hydrogen-bond donors (Lipinski definition) is 1. The Morgan fingerprint density at radius 1 is 1.32 bits per heavy atom. The molecule has 2 aromatic rings. The molecule has 2 heterocycles. The van der Waals surface area contributed by atoms with E-state index in [4.69, 9.17) is 4.74 Å². The summed E-state index contributed by atoms with van der Waals surface area (Å²) in [6, 6.07) is 0.00526. The summed E-state index contributed by atoms with van der Waals surface area (Å²) < 4.78 is 6.55. The van der Waals surface area contributed by atoms with Gasteiger partial charge in [-0.1, -0.05) is 13.8 Å². The highest BCUT2D eigenvalue weighted by Gasteiger charge is 2.21. The lowest BCUT2D eigenvalue weighted by Gasteiger charge is -2.19. The Morgan fingerprint density at radius 2 is 2.00 bits per heavy atom. The van der Waals surface area contributed by atoms with Crippen LogP contribution in [-0.2, 0) is 7.05 Å². The van der Waals surface area contributed by atoms with Crippen LogP contribution in [0.25, 0.3) is 0 Å². The predicted molar refractivity (Wildman–Crippen MR) is 79.2 cm³/mol. The maximum atomic E-state index is 12.4. The maximum Gasteiger partial charge on any atom is 0.316 e. The fourth-order valence-electron chi connectivity index (χ4n) is 2.10. The molecule has 2 aromatic heterocycles. The lowest BCUT2D eigenvalue weighted by molar-refractivity contribution is 0.0928. The van der Waals surface area contributed by atoms with Crippen LogP contribution in [0.4, 0.5) is 0 Å². The molecule has 0 aliphatic carbocycles. The van der Waals surface area contributed by atoms with E-state index in [9.17, 15) is 4.79 Å². The minimum absolute atomic E-state index is 0.220. The van der Waals surface area contributed by atoms with Crippen molar-refractivity contribution in [3.63, 3.8) is 0 Å². The Labute approximate surface area is 128 Å². The van der Waals surface area contributed by atoms with Gasteiger partial charge in [0, 0.05) is 19.4 Å². The highest BCUT2D eigenvalue weighted by Crippen LogP contribution is 2.19. The molecule has 0 bridgehead atoms. The molecule has 0 aliphatic rings. The van der Waals surface area contributed by atoms with Crippen LogP contribution in [0, 0.1) is 5.92 Å². The van der Waals surface area contributed by atoms with E-state index >= 15 is 0 Å². The standard InChI is InChI=1S/C14H20N6O2/c1-9(2)5-11(12-17-8-18-20(12)3)19-13(21)10-6-15-14(22-4)16-7-10/h6-9,11H,5H2,1-4H3,(H,19,21). The Morgan fingerprint density at radius 3 is 2.50 bits per heavy atom. The molecular formula is C14H20N6O2. The predicted octanol–water partition coefficient (Wildman–Crippen LogP) is 1.13. The lowest BCUT2D eigenvalue weighted by Crippen LogP contribution is -2.31. The van der Waals surface area contributed by atoms with Crippen molar-refractivity contribution in [1.29, 1.82) is 0 Å². The zero-order valence-electron chi connectivity index (χ0n) is 13.1. The summed E-state index contributed by atoms with van der Waals surface area (Å²) in [6.45, 7) is 4.18. The molecule has 2 rings (SSSR count). The van der Waals surface area contributed by atoms with Gasteiger partial charge < -0.3 is 10.1 Å². The average Bonchev–Trinajstić information content (AvgIpc) is 2.92. The van der Waals surface area contributed by atoms with Gasteiger partial charge in [-0.25, -0.2) is 15.0 Å². The summed E-state index contributed by atoms with van der Waals surface area (Å²) in [5, 5.41) is 7.02. The van der Waals surface area contributed by atoms with Crippen LogP contribution in [0.2, 0.25) is 0 Å². The topological polar surface area (TPSA) is 94.8 Å². The molecular weight excluding hydrogens is 284 g/mol. The van der Waals surface area contributed by atoms with Gasteiger partial charge >= 0.3 is 6.01 Å². The molecule has 8 heteroatoms. The van der Waals surface area contributed by atoms with Gasteiger partial charge in [0.2, 0.25) is 0 Å². The van der Waals surface area contributed by atoms with Gasteiger partial charge in [-0.15, -0.1) is 0 Å². The molecule has 0 aliphatic heterocycles. The number of methoxy groups -OCH3 is 1. The Kier molecular flexibility index (Phi) is 5.03. The molecule has 0 saturated carbocycles. The Balaban J connectivity index is 2.15. The molecule has 118 valence electrons. The second kappa shape index (κ2) is 6.97. The SMILES string of the molecule is COc1ncc(C(=O)NC(CC(C)C)c2ncnn2C)cn1. The second-order valence-corrected chi connectivity index (χ2v) is 5.36. The van der Waals surface area contributed by atoms with Crippen LogP contribution in [-0.4, -0.2) is 37.7 Å². The lowest BCUT2D eigenvalue weighted by atomic mass is 10.0. The van der Waals surface area contributed by atoms with E-state index in [0.717, 1.165) is 12.2 Å². The monoisotopic (exact) mass is 304 g/mol. The zero-order valence-corrected chi connectivity index (χ0v) is 13.1. The number of ether oxygens (including phenoxy) is 1. The van der Waals surface area contributed by atoms with Gasteiger partial charge in [-0.2, -0.15) is 5.10 Å². The number of rotatable bonds is 6. The van der Waals surface area contributed by atoms with Crippen molar-refractivity contribution < 1.29 is 9.53 Å². The van der Waals surface area contributed by atoms with E-state index < -0.39 is 0 Å². The van der Waals surface area contributed by atoms with Crippen LogP contribution in [0.15, 0.2) is 18.7 Å². The Hall–Kier alpha value is -2.51. The summed E-state index contributed by atoms with van der Waals surface area (Å²) in [4.78, 5) is 24.5. The molecule has 1 amide bonds. The van der Waals surface area contributed by atoms with E-state index in [1.807, 2.05) is 0 Å². The third-order valence-electron chi connectivity index (χ3n) is 3.14. The van der Waals surface area contributed by atoms with Crippen molar-refractivity contribution in [2.24, 2.45) is 13.0 Å². The molecule has 1 atom stereocenters. The number of aryl methyl sites for hydroxylation is 1. The quantitative estimate of drug-likeness (QED) is 0.859. The largest absolute Gasteiger partial charge is 0.467 e. The van der Waals surface area contributed by atoms with Gasteiger partial charge in [0.25, 0.3) is 5.91 Å². The Bertz CT molecular complexity index is 623. The first-order chi connectivity index (χ1) is 10.5. The van der Waals surface area contributed by atoms with Crippen molar-refractivity contribution >= 4 is 5.91 Å². The summed E-state index contributed by atoms with van der Waals surface area (Å²) in [6.07, 6.45) is 5.11. The molecule has 0 aromatic carbocycles. The minimum atomic E-state index is -0.253. The van der Waals surface area contributed by atoms with Crippen LogP contribution >= 0.6 is 0 Å². The van der Waals surface area contributed by atoms with E-state index in [2.05, 4.69) is 39.2 Å². The van der Waals surface area contributed by atoms with Crippen LogP contribution in [0.3, 0.4) is 0 Å². The molecule has 0 saturated heterocycles. The summed E-state index contributed by atoms with van der Waals surface area (Å²) in [7, 11) is 3.28. The van der Waals surface area contributed by atoms with Crippen LogP contribution < -0.4 is 10.1 Å². The number of carbonyl (C=O) groups is 1. The van der Waals surface area contributed by atoms with Crippen molar-refractivity contribution in [3.8, 4) is 6.01 Å². The molecule has 0 spiro atoms. The highest BCUT2D eigenvalue weighted by molar-refractivity contribution is 5.93. The minimum Gasteiger partial charge on any atom is -0.467 e. The van der Waals surface area contributed by atoms with E-state index in [-0.39, 0.29) is 18.0 Å². The van der Waals surface area contributed by atoms with E-state index in [0.29, 0.717) is 11.5 Å². The number of amides is 1. The fraction of sp³-hybridized carbons (Fsp3) is 0.500. The van der Waals surface area contributed by atoms with Crippen LogP contribution in [0.5, 0.6) is 6.01 Å². The van der Waals surface area contributed by atoms with E-state index in [1.165, 1.54) is 25.8 Å². The summed E-state index contributed by atoms with van der Waals surface area (Å²) in [5.41, 5.74) is 0.372. The van der Waals surface area contributed by atoms with Crippen molar-refractivity contribution in [3.05, 3.63) is 30.1 Å². The van der Waals surface area contributed by atoms with Gasteiger partial charge in [0.05, 0.1) is 18.7 Å². The molecule has 22 heavy (non-hydrogen) atoms. The molecule has 0 radical (unpaired) electrons. The smallest absolute Gasteiger partial charge is 0.316 e. The van der Waals surface area contributed by atoms with Crippen molar-refractivity contribution in [1.82, 2.24) is 30.0 Å². The van der Waals surface area contributed by atoms with Crippen molar-refractivity contribution in [2.45, 2.75) is 26.3 Å². The summed E-state index contributed by atoms with van der Waals surface area (Å²) in [5.74, 6) is 0.863. The van der Waals surface area contributed by atoms with Gasteiger partial charge in [0.1, 0.15) is 12.2 Å². The number of hydrogen-bond acceptors (Lipinski definition) is 6. The fourth-order valence-corrected chi connectivity index (χ4v) is 2.10.